The third-order valence-electron chi connectivity index (χ3n) is 4.37. The highest BCUT2D eigenvalue weighted by Crippen LogP contribution is 2.35. The molecule has 0 spiro atoms. The van der Waals surface area contributed by atoms with E-state index in [-0.39, 0.29) is 30.2 Å². The number of hydrogen-bond donors (Lipinski definition) is 1. The van der Waals surface area contributed by atoms with Gasteiger partial charge >= 0.3 is 12.2 Å². The molecule has 29 heavy (non-hydrogen) atoms. The van der Waals surface area contributed by atoms with Gasteiger partial charge in [0.25, 0.3) is 0 Å². The lowest BCUT2D eigenvalue weighted by molar-refractivity contribution is -0.137. The van der Waals surface area contributed by atoms with Crippen LogP contribution < -0.4 is 15.0 Å². The van der Waals surface area contributed by atoms with Crippen LogP contribution in [0.15, 0.2) is 42.5 Å². The van der Waals surface area contributed by atoms with Crippen molar-refractivity contribution in [1.29, 1.82) is 0 Å². The standard InChI is InChI=1S/C19H17F4N3O3/c1-29-16-7-6-12(19(21,22)23)10-14(16)24-17(27)11-25-8-9-26(18(25)28)15-5-3-2-4-13(15)20/h2-7,10H,8-9,11H2,1H3,(H,24,27). The maximum Gasteiger partial charge on any atom is 0.416 e. The summed E-state index contributed by atoms with van der Waals surface area (Å²) in [5, 5.41) is 2.34. The quantitative estimate of drug-likeness (QED) is 0.763. The smallest absolute Gasteiger partial charge is 0.416 e. The van der Waals surface area contributed by atoms with Crippen LogP contribution in [0.25, 0.3) is 0 Å². The first-order valence-corrected chi connectivity index (χ1v) is 8.56. The molecule has 2 aromatic rings. The Labute approximate surface area is 163 Å². The third kappa shape index (κ3) is 4.41. The van der Waals surface area contributed by atoms with Crippen molar-refractivity contribution in [2.24, 2.45) is 0 Å². The fraction of sp³-hybridized carbons (Fsp3) is 0.263. The van der Waals surface area contributed by atoms with E-state index in [0.717, 1.165) is 18.2 Å². The second-order valence-electron chi connectivity index (χ2n) is 6.27. The monoisotopic (exact) mass is 411 g/mol. The van der Waals surface area contributed by atoms with E-state index in [0.29, 0.717) is 0 Å². The number of benzene rings is 2. The van der Waals surface area contributed by atoms with Gasteiger partial charge < -0.3 is 15.0 Å². The molecule has 1 fully saturated rings. The second kappa shape index (κ2) is 7.98. The molecule has 10 heteroatoms. The highest BCUT2D eigenvalue weighted by Gasteiger charge is 2.33. The van der Waals surface area contributed by atoms with Crippen LogP contribution in [-0.2, 0) is 11.0 Å². The highest BCUT2D eigenvalue weighted by atomic mass is 19.4. The molecule has 0 bridgehead atoms. The summed E-state index contributed by atoms with van der Waals surface area (Å²) in [4.78, 5) is 27.2. The lowest BCUT2D eigenvalue weighted by Gasteiger charge is -2.19. The largest absolute Gasteiger partial charge is 0.495 e. The van der Waals surface area contributed by atoms with Crippen molar-refractivity contribution in [3.05, 3.63) is 53.8 Å². The van der Waals surface area contributed by atoms with Gasteiger partial charge in [-0.15, -0.1) is 0 Å². The van der Waals surface area contributed by atoms with Crippen LogP contribution in [0.1, 0.15) is 5.56 Å². The Kier molecular flexibility index (Phi) is 5.62. The summed E-state index contributed by atoms with van der Waals surface area (Å²) < 4.78 is 57.6. The Morgan fingerprint density at radius 1 is 1.17 bits per heavy atom. The molecule has 154 valence electrons. The molecule has 3 amide bonds. The number of nitrogens with one attached hydrogen (secondary N) is 1. The Morgan fingerprint density at radius 2 is 1.90 bits per heavy atom. The summed E-state index contributed by atoms with van der Waals surface area (Å²) in [6.07, 6.45) is -4.59. The number of rotatable bonds is 5. The van der Waals surface area contributed by atoms with Gasteiger partial charge in [0.2, 0.25) is 5.91 Å². The third-order valence-corrected chi connectivity index (χ3v) is 4.37. The summed E-state index contributed by atoms with van der Waals surface area (Å²) in [5.74, 6) is -1.22. The van der Waals surface area contributed by atoms with Crippen LogP contribution in [0.4, 0.5) is 33.7 Å². The van der Waals surface area contributed by atoms with Crippen LogP contribution in [0.2, 0.25) is 0 Å². The summed E-state index contributed by atoms with van der Waals surface area (Å²) in [6, 6.07) is 7.87. The van der Waals surface area contributed by atoms with E-state index >= 15 is 0 Å². The number of alkyl halides is 3. The van der Waals surface area contributed by atoms with Crippen molar-refractivity contribution in [1.82, 2.24) is 4.90 Å². The number of nitrogens with zero attached hydrogens (tertiary/aromatic N) is 2. The molecule has 0 radical (unpaired) electrons. The maximum atomic E-state index is 13.9. The number of halogens is 4. The van der Waals surface area contributed by atoms with Gasteiger partial charge in [-0.2, -0.15) is 13.2 Å². The van der Waals surface area contributed by atoms with E-state index in [9.17, 15) is 27.2 Å². The van der Waals surface area contributed by atoms with Crippen molar-refractivity contribution < 1.29 is 31.9 Å². The molecule has 0 aliphatic carbocycles. The van der Waals surface area contributed by atoms with Crippen LogP contribution in [0.3, 0.4) is 0 Å². The molecule has 0 atom stereocenters. The molecule has 3 rings (SSSR count). The Morgan fingerprint density at radius 3 is 2.55 bits per heavy atom. The van der Waals surface area contributed by atoms with E-state index in [1.807, 2.05) is 0 Å². The van der Waals surface area contributed by atoms with E-state index in [2.05, 4.69) is 5.32 Å². The summed E-state index contributed by atoms with van der Waals surface area (Å²) in [5.41, 5.74) is -1.01. The number of anilines is 2. The zero-order valence-corrected chi connectivity index (χ0v) is 15.3. The molecule has 0 saturated carbocycles. The van der Waals surface area contributed by atoms with Gasteiger partial charge in [-0.1, -0.05) is 12.1 Å². The topological polar surface area (TPSA) is 61.9 Å². The van der Waals surface area contributed by atoms with Crippen LogP contribution in [0.5, 0.6) is 5.75 Å². The van der Waals surface area contributed by atoms with E-state index < -0.39 is 36.0 Å². The molecule has 0 aromatic heterocycles. The average Bonchev–Trinajstić information content (AvgIpc) is 3.01. The van der Waals surface area contributed by atoms with Gasteiger partial charge in [0.15, 0.2) is 0 Å². The Hall–Kier alpha value is -3.30. The highest BCUT2D eigenvalue weighted by molar-refractivity contribution is 6.00. The van der Waals surface area contributed by atoms with Gasteiger partial charge in [-0.3, -0.25) is 9.69 Å². The summed E-state index contributed by atoms with van der Waals surface area (Å²) >= 11 is 0. The Bertz CT molecular complexity index is 933. The van der Waals surface area contributed by atoms with Crippen LogP contribution in [-0.4, -0.2) is 43.6 Å². The van der Waals surface area contributed by atoms with Gasteiger partial charge in [0, 0.05) is 13.1 Å². The second-order valence-corrected chi connectivity index (χ2v) is 6.27. The summed E-state index contributed by atoms with van der Waals surface area (Å²) in [6.45, 7) is -0.0522. The van der Waals surface area contributed by atoms with E-state index in [1.165, 1.54) is 35.1 Å². The first-order chi connectivity index (χ1) is 13.7. The van der Waals surface area contributed by atoms with Gasteiger partial charge in [0.05, 0.1) is 24.0 Å². The Balaban J connectivity index is 1.70. The van der Waals surface area contributed by atoms with Crippen molar-refractivity contribution in [3.63, 3.8) is 0 Å². The maximum absolute atomic E-state index is 13.9. The minimum atomic E-state index is -4.59. The first kappa shape index (κ1) is 20.4. The first-order valence-electron chi connectivity index (χ1n) is 8.56. The van der Waals surface area contributed by atoms with Gasteiger partial charge in [-0.05, 0) is 30.3 Å². The van der Waals surface area contributed by atoms with E-state index in [4.69, 9.17) is 4.74 Å². The predicted octanol–water partition coefficient (Wildman–Crippen LogP) is 3.73. The predicted molar refractivity (Wildman–Crippen MR) is 97.3 cm³/mol. The van der Waals surface area contributed by atoms with Crippen molar-refractivity contribution in [3.8, 4) is 5.75 Å². The molecule has 0 unspecified atom stereocenters. The number of ether oxygens (including phenoxy) is 1. The average molecular weight is 411 g/mol. The number of hydrogen-bond acceptors (Lipinski definition) is 3. The lowest BCUT2D eigenvalue weighted by atomic mass is 10.1. The number of para-hydroxylation sites is 1. The number of carbonyl (C=O) groups is 2. The van der Waals surface area contributed by atoms with Gasteiger partial charge in [-0.25, -0.2) is 9.18 Å². The molecular weight excluding hydrogens is 394 g/mol. The minimum Gasteiger partial charge on any atom is -0.495 e. The van der Waals surface area contributed by atoms with Crippen LogP contribution >= 0.6 is 0 Å². The van der Waals surface area contributed by atoms with Crippen LogP contribution in [0, 0.1) is 5.82 Å². The lowest BCUT2D eigenvalue weighted by Crippen LogP contribution is -2.37. The fourth-order valence-corrected chi connectivity index (χ4v) is 2.97. The number of carbonyl (C=O) groups excluding carboxylic acids is 2. The molecule has 1 N–H and O–H groups in total. The van der Waals surface area contributed by atoms with Crippen molar-refractivity contribution >= 4 is 23.3 Å². The van der Waals surface area contributed by atoms with Gasteiger partial charge in [0.1, 0.15) is 18.1 Å². The molecular formula is C19H17F4N3O3. The number of amides is 3. The molecule has 1 aliphatic heterocycles. The zero-order chi connectivity index (χ0) is 21.2. The zero-order valence-electron chi connectivity index (χ0n) is 15.3. The molecule has 6 nitrogen and oxygen atoms in total. The number of urea groups is 1. The van der Waals surface area contributed by atoms with E-state index in [1.54, 1.807) is 6.07 Å². The normalized spacial score (nSPS) is 14.3. The molecule has 1 aliphatic rings. The minimum absolute atomic E-state index is 0.0482. The fourth-order valence-electron chi connectivity index (χ4n) is 2.97. The van der Waals surface area contributed by atoms with Crippen molar-refractivity contribution in [2.45, 2.75) is 6.18 Å². The number of methoxy groups -OCH3 is 1. The summed E-state index contributed by atoms with van der Waals surface area (Å²) in [7, 11) is 1.26. The molecule has 2 aromatic carbocycles. The molecule has 1 heterocycles. The molecule has 1 saturated heterocycles. The van der Waals surface area contributed by atoms with Crippen molar-refractivity contribution in [2.75, 3.05) is 37.0 Å². The SMILES string of the molecule is COc1ccc(C(F)(F)F)cc1NC(=O)CN1CCN(c2ccccc2F)C1=O.